The zero-order chi connectivity index (χ0) is 21.4. The van der Waals surface area contributed by atoms with Crippen LogP contribution in [0.3, 0.4) is 0 Å². The number of H-pyrrole nitrogens is 1. The van der Waals surface area contributed by atoms with Gasteiger partial charge in [0.25, 0.3) is 5.56 Å². The van der Waals surface area contributed by atoms with Gasteiger partial charge in [0.2, 0.25) is 0 Å². The van der Waals surface area contributed by atoms with Crippen molar-refractivity contribution in [1.29, 1.82) is 0 Å². The van der Waals surface area contributed by atoms with E-state index in [1.54, 1.807) is 7.11 Å². The summed E-state index contributed by atoms with van der Waals surface area (Å²) in [6.07, 6.45) is 6.81. The number of fused-ring (bicyclic) bond motifs is 1. The predicted octanol–water partition coefficient (Wildman–Crippen LogP) is 3.46. The number of hydrogen-bond acceptors (Lipinski definition) is 6. The lowest BCUT2D eigenvalue weighted by Crippen LogP contribution is -2.40. The molecule has 3 heterocycles. The van der Waals surface area contributed by atoms with Crippen molar-refractivity contribution in [3.8, 4) is 5.75 Å². The second kappa shape index (κ2) is 8.42. The van der Waals surface area contributed by atoms with Gasteiger partial charge in [-0.15, -0.1) is 5.10 Å². The maximum absolute atomic E-state index is 13.3. The lowest BCUT2D eigenvalue weighted by atomic mass is 9.95. The molecular weight excluding hydrogens is 392 g/mol. The summed E-state index contributed by atoms with van der Waals surface area (Å²) in [4.78, 5) is 18.7. The molecule has 8 nitrogen and oxygen atoms in total. The molecule has 3 aromatic rings. The minimum atomic E-state index is -0.262. The van der Waals surface area contributed by atoms with E-state index in [1.165, 1.54) is 12.8 Å². The summed E-state index contributed by atoms with van der Waals surface area (Å²) >= 11 is 0. The van der Waals surface area contributed by atoms with Crippen molar-refractivity contribution in [1.82, 2.24) is 30.1 Å². The highest BCUT2D eigenvalue weighted by Crippen LogP contribution is 2.35. The van der Waals surface area contributed by atoms with E-state index in [4.69, 9.17) is 4.74 Å². The SMILES string of the molecule is COc1ccc2[nH]c(=O)c([C@H](c3nnnn3C3CCCC3)N3CCC(C)CC3)cc2c1. The maximum atomic E-state index is 13.3. The Morgan fingerprint density at radius 2 is 1.90 bits per heavy atom. The highest BCUT2D eigenvalue weighted by molar-refractivity contribution is 5.80. The van der Waals surface area contributed by atoms with Gasteiger partial charge in [0.15, 0.2) is 5.82 Å². The van der Waals surface area contributed by atoms with Gasteiger partial charge in [-0.3, -0.25) is 9.69 Å². The van der Waals surface area contributed by atoms with Crippen LogP contribution in [0.25, 0.3) is 10.9 Å². The normalized spacial score (nSPS) is 19.8. The van der Waals surface area contributed by atoms with Crippen LogP contribution in [0.2, 0.25) is 0 Å². The number of benzene rings is 1. The van der Waals surface area contributed by atoms with Gasteiger partial charge in [0.1, 0.15) is 11.8 Å². The molecule has 0 amide bonds. The average molecular weight is 423 g/mol. The molecule has 1 N–H and O–H groups in total. The van der Waals surface area contributed by atoms with E-state index in [0.29, 0.717) is 17.5 Å². The van der Waals surface area contributed by atoms with Gasteiger partial charge >= 0.3 is 0 Å². The molecule has 1 aromatic carbocycles. The molecule has 1 aliphatic carbocycles. The fraction of sp³-hybridized carbons (Fsp3) is 0.565. The molecule has 1 atom stereocenters. The Bertz CT molecular complexity index is 1110. The molecule has 2 aliphatic rings. The Labute approximate surface area is 181 Å². The van der Waals surface area contributed by atoms with Crippen molar-refractivity contribution in [3.63, 3.8) is 0 Å². The lowest BCUT2D eigenvalue weighted by Gasteiger charge is -2.36. The summed E-state index contributed by atoms with van der Waals surface area (Å²) in [6.45, 7) is 4.15. The molecule has 8 heteroatoms. The molecule has 5 rings (SSSR count). The molecule has 0 unspecified atom stereocenters. The first-order chi connectivity index (χ1) is 15.1. The quantitative estimate of drug-likeness (QED) is 0.677. The van der Waals surface area contributed by atoms with Crippen LogP contribution in [0.1, 0.15) is 68.9 Å². The molecule has 0 spiro atoms. The van der Waals surface area contributed by atoms with Gasteiger partial charge in [-0.2, -0.15) is 0 Å². The molecule has 0 radical (unpaired) electrons. The van der Waals surface area contributed by atoms with Gasteiger partial charge < -0.3 is 9.72 Å². The molecule has 0 bridgehead atoms. The number of tetrazole rings is 1. The van der Waals surface area contributed by atoms with E-state index in [2.05, 4.69) is 32.3 Å². The highest BCUT2D eigenvalue weighted by Gasteiger charge is 2.34. The monoisotopic (exact) mass is 422 g/mol. The smallest absolute Gasteiger partial charge is 0.253 e. The maximum Gasteiger partial charge on any atom is 0.253 e. The molecule has 164 valence electrons. The summed E-state index contributed by atoms with van der Waals surface area (Å²) < 4.78 is 7.39. The van der Waals surface area contributed by atoms with Crippen molar-refractivity contribution in [2.45, 2.75) is 57.5 Å². The largest absolute Gasteiger partial charge is 0.497 e. The zero-order valence-electron chi connectivity index (χ0n) is 18.3. The van der Waals surface area contributed by atoms with Crippen LogP contribution < -0.4 is 10.3 Å². The van der Waals surface area contributed by atoms with E-state index >= 15 is 0 Å². The number of nitrogens with zero attached hydrogens (tertiary/aromatic N) is 5. The number of nitrogens with one attached hydrogen (secondary N) is 1. The second-order valence-corrected chi connectivity index (χ2v) is 9.05. The first-order valence-electron chi connectivity index (χ1n) is 11.4. The number of rotatable bonds is 5. The summed E-state index contributed by atoms with van der Waals surface area (Å²) in [7, 11) is 1.65. The fourth-order valence-corrected chi connectivity index (χ4v) is 5.11. The van der Waals surface area contributed by atoms with Crippen molar-refractivity contribution < 1.29 is 4.74 Å². The van der Waals surface area contributed by atoms with Crippen LogP contribution in [0.5, 0.6) is 5.75 Å². The van der Waals surface area contributed by atoms with Gasteiger partial charge in [0.05, 0.1) is 13.2 Å². The van der Waals surface area contributed by atoms with Crippen LogP contribution in [0, 0.1) is 5.92 Å². The minimum absolute atomic E-state index is 0.0812. The minimum Gasteiger partial charge on any atom is -0.497 e. The predicted molar refractivity (Wildman–Crippen MR) is 118 cm³/mol. The number of likely N-dealkylation sites (tertiary alicyclic amines) is 1. The number of piperidine rings is 1. The highest BCUT2D eigenvalue weighted by atomic mass is 16.5. The molecule has 2 aromatic heterocycles. The Morgan fingerprint density at radius 1 is 1.13 bits per heavy atom. The van der Waals surface area contributed by atoms with Gasteiger partial charge in [-0.1, -0.05) is 19.8 Å². The zero-order valence-corrected chi connectivity index (χ0v) is 18.3. The third kappa shape index (κ3) is 3.84. The van der Waals surface area contributed by atoms with Crippen molar-refractivity contribution in [3.05, 3.63) is 46.0 Å². The third-order valence-corrected chi connectivity index (χ3v) is 6.99. The first kappa shape index (κ1) is 20.2. The van der Waals surface area contributed by atoms with Crippen LogP contribution in [0.4, 0.5) is 0 Å². The Hall–Kier alpha value is -2.74. The van der Waals surface area contributed by atoms with Gasteiger partial charge in [0, 0.05) is 16.5 Å². The van der Waals surface area contributed by atoms with E-state index in [-0.39, 0.29) is 11.6 Å². The van der Waals surface area contributed by atoms with Gasteiger partial charge in [-0.05, 0) is 79.4 Å². The summed E-state index contributed by atoms with van der Waals surface area (Å²) in [6, 6.07) is 7.76. The van der Waals surface area contributed by atoms with E-state index in [9.17, 15) is 4.79 Å². The first-order valence-corrected chi connectivity index (χ1v) is 11.4. The molecule has 1 aliphatic heterocycles. The lowest BCUT2D eigenvalue weighted by molar-refractivity contribution is 0.147. The Balaban J connectivity index is 1.63. The molecule has 1 saturated heterocycles. The number of ether oxygens (including phenoxy) is 1. The molecular formula is C23H30N6O2. The van der Waals surface area contributed by atoms with Crippen LogP contribution >= 0.6 is 0 Å². The Kier molecular flexibility index (Phi) is 5.48. The van der Waals surface area contributed by atoms with Crippen molar-refractivity contribution in [2.75, 3.05) is 20.2 Å². The van der Waals surface area contributed by atoms with Crippen molar-refractivity contribution >= 4 is 10.9 Å². The Morgan fingerprint density at radius 3 is 2.65 bits per heavy atom. The van der Waals surface area contributed by atoms with Crippen LogP contribution in [0.15, 0.2) is 29.1 Å². The third-order valence-electron chi connectivity index (χ3n) is 6.99. The second-order valence-electron chi connectivity index (χ2n) is 9.05. The number of pyridine rings is 1. The van der Waals surface area contributed by atoms with E-state index < -0.39 is 0 Å². The topological polar surface area (TPSA) is 88.9 Å². The van der Waals surface area contributed by atoms with Crippen molar-refractivity contribution in [2.24, 2.45) is 5.92 Å². The number of aromatic amines is 1. The number of methoxy groups -OCH3 is 1. The van der Waals surface area contributed by atoms with Crippen LogP contribution in [-0.2, 0) is 0 Å². The summed E-state index contributed by atoms with van der Waals surface area (Å²) in [5.41, 5.74) is 1.42. The number of hydrogen-bond donors (Lipinski definition) is 1. The number of aromatic nitrogens is 5. The summed E-state index contributed by atoms with van der Waals surface area (Å²) in [5.74, 6) is 2.25. The standard InChI is InChI=1S/C23H30N6O2/c1-15-9-11-28(12-10-15)21(22-25-26-27-29(22)17-5-3-4-6-17)19-14-16-13-18(31-2)7-8-20(16)24-23(19)30/h7-8,13-15,17,21H,3-6,9-12H2,1-2H3,(H,24,30)/t21-/m1/s1. The molecule has 2 fully saturated rings. The van der Waals surface area contributed by atoms with Crippen LogP contribution in [-0.4, -0.2) is 50.3 Å². The molecule has 31 heavy (non-hydrogen) atoms. The summed E-state index contributed by atoms with van der Waals surface area (Å²) in [5, 5.41) is 13.8. The molecule has 1 saturated carbocycles. The van der Waals surface area contributed by atoms with E-state index in [0.717, 1.165) is 61.2 Å². The average Bonchev–Trinajstić information content (AvgIpc) is 3.47. The van der Waals surface area contributed by atoms with E-state index in [1.807, 2.05) is 28.9 Å². The van der Waals surface area contributed by atoms with Gasteiger partial charge in [-0.25, -0.2) is 4.68 Å². The fourth-order valence-electron chi connectivity index (χ4n) is 5.11.